The Balaban J connectivity index is 1.85. The minimum atomic E-state index is 0.0568. The van der Waals surface area contributed by atoms with Gasteiger partial charge in [-0.1, -0.05) is 6.92 Å². The van der Waals surface area contributed by atoms with Crippen LogP contribution in [0.5, 0.6) is 0 Å². The maximum absolute atomic E-state index is 11.8. The van der Waals surface area contributed by atoms with Crippen molar-refractivity contribution in [2.24, 2.45) is 11.7 Å². The predicted octanol–water partition coefficient (Wildman–Crippen LogP) is 2.34. The molecule has 0 aliphatic heterocycles. The van der Waals surface area contributed by atoms with Crippen molar-refractivity contribution < 1.29 is 4.79 Å². The summed E-state index contributed by atoms with van der Waals surface area (Å²) in [6.07, 6.45) is 6.02. The van der Waals surface area contributed by atoms with Gasteiger partial charge in [0.25, 0.3) is 0 Å². The van der Waals surface area contributed by atoms with E-state index in [0.717, 1.165) is 24.4 Å². The van der Waals surface area contributed by atoms with E-state index in [1.807, 2.05) is 0 Å². The van der Waals surface area contributed by atoms with Crippen LogP contribution in [-0.2, 0) is 17.6 Å². The van der Waals surface area contributed by atoms with Gasteiger partial charge in [-0.2, -0.15) is 0 Å². The van der Waals surface area contributed by atoms with E-state index < -0.39 is 0 Å². The summed E-state index contributed by atoms with van der Waals surface area (Å²) in [6.45, 7) is 2.70. The molecule has 2 rings (SSSR count). The first-order valence-electron chi connectivity index (χ1n) is 6.67. The third kappa shape index (κ3) is 3.53. The molecule has 1 unspecified atom stereocenters. The van der Waals surface area contributed by atoms with Crippen LogP contribution in [0.4, 0.5) is 5.13 Å². The van der Waals surface area contributed by atoms with Gasteiger partial charge in [-0.15, -0.1) is 11.3 Å². The van der Waals surface area contributed by atoms with Crippen molar-refractivity contribution in [2.75, 3.05) is 11.9 Å². The van der Waals surface area contributed by atoms with E-state index in [0.29, 0.717) is 18.9 Å². The number of hydrogen-bond acceptors (Lipinski definition) is 4. The lowest BCUT2D eigenvalue weighted by molar-refractivity contribution is -0.116. The highest BCUT2D eigenvalue weighted by Crippen LogP contribution is 2.29. The second kappa shape index (κ2) is 6.29. The second-order valence-electron chi connectivity index (χ2n) is 5.02. The lowest BCUT2D eigenvalue weighted by atomic mass is 10.0. The Kier molecular flexibility index (Phi) is 4.72. The minimum absolute atomic E-state index is 0.0568. The molecule has 1 aromatic rings. The first-order chi connectivity index (χ1) is 8.69. The second-order valence-corrected chi connectivity index (χ2v) is 6.11. The van der Waals surface area contributed by atoms with E-state index in [2.05, 4.69) is 17.2 Å². The van der Waals surface area contributed by atoms with E-state index in [1.165, 1.54) is 23.4 Å². The summed E-state index contributed by atoms with van der Waals surface area (Å²) in [5.41, 5.74) is 6.73. The molecule has 5 heteroatoms. The number of carbonyl (C=O) groups excluding carboxylic acids is 1. The summed E-state index contributed by atoms with van der Waals surface area (Å²) in [4.78, 5) is 17.6. The largest absolute Gasteiger partial charge is 0.330 e. The Morgan fingerprint density at radius 1 is 1.50 bits per heavy atom. The van der Waals surface area contributed by atoms with Crippen LogP contribution in [-0.4, -0.2) is 17.4 Å². The molecular formula is C13H21N3OS. The molecule has 0 saturated carbocycles. The summed E-state index contributed by atoms with van der Waals surface area (Å²) >= 11 is 1.64. The van der Waals surface area contributed by atoms with Crippen molar-refractivity contribution in [3.8, 4) is 0 Å². The first kappa shape index (κ1) is 13.5. The molecule has 0 bridgehead atoms. The number of hydrogen-bond donors (Lipinski definition) is 2. The SMILES string of the molecule is CC(CN)CCC(=O)Nc1nc2c(s1)CCCC2. The molecule has 4 nitrogen and oxygen atoms in total. The van der Waals surface area contributed by atoms with Crippen molar-refractivity contribution >= 4 is 22.4 Å². The number of fused-ring (bicyclic) bond motifs is 1. The number of anilines is 1. The highest BCUT2D eigenvalue weighted by atomic mass is 32.1. The molecule has 1 aliphatic carbocycles. The van der Waals surface area contributed by atoms with Crippen LogP contribution in [0.3, 0.4) is 0 Å². The summed E-state index contributed by atoms with van der Waals surface area (Å²) in [5, 5.41) is 3.68. The Bertz CT molecular complexity index is 393. The third-order valence-corrected chi connectivity index (χ3v) is 4.43. The average Bonchev–Trinajstić information content (AvgIpc) is 2.77. The fourth-order valence-corrected chi connectivity index (χ4v) is 3.15. The molecular weight excluding hydrogens is 246 g/mol. The summed E-state index contributed by atoms with van der Waals surface area (Å²) in [7, 11) is 0. The van der Waals surface area contributed by atoms with E-state index in [9.17, 15) is 4.79 Å². The van der Waals surface area contributed by atoms with Gasteiger partial charge in [-0.05, 0) is 44.6 Å². The van der Waals surface area contributed by atoms with Crippen molar-refractivity contribution in [3.05, 3.63) is 10.6 Å². The van der Waals surface area contributed by atoms with E-state index in [4.69, 9.17) is 5.73 Å². The van der Waals surface area contributed by atoms with Crippen LogP contribution in [0.1, 0.15) is 43.2 Å². The van der Waals surface area contributed by atoms with Gasteiger partial charge in [0.2, 0.25) is 5.91 Å². The lowest BCUT2D eigenvalue weighted by Gasteiger charge is -2.07. The Morgan fingerprint density at radius 2 is 2.28 bits per heavy atom. The topological polar surface area (TPSA) is 68.0 Å². The van der Waals surface area contributed by atoms with Gasteiger partial charge in [0.1, 0.15) is 0 Å². The fraction of sp³-hybridized carbons (Fsp3) is 0.692. The van der Waals surface area contributed by atoms with Crippen molar-refractivity contribution in [2.45, 2.75) is 45.4 Å². The number of amides is 1. The zero-order valence-corrected chi connectivity index (χ0v) is 11.7. The quantitative estimate of drug-likeness (QED) is 0.860. The number of aromatic nitrogens is 1. The number of rotatable bonds is 5. The highest BCUT2D eigenvalue weighted by molar-refractivity contribution is 7.15. The standard InChI is InChI=1S/C13H21N3OS/c1-9(8-14)6-7-12(17)16-13-15-10-4-2-3-5-11(10)18-13/h9H,2-8,14H2,1H3,(H,15,16,17). The van der Waals surface area contributed by atoms with Crippen molar-refractivity contribution in [3.63, 3.8) is 0 Å². The van der Waals surface area contributed by atoms with Crippen LogP contribution in [0.25, 0.3) is 0 Å². The first-order valence-corrected chi connectivity index (χ1v) is 7.49. The molecule has 0 aromatic carbocycles. The molecule has 18 heavy (non-hydrogen) atoms. The minimum Gasteiger partial charge on any atom is -0.330 e. The van der Waals surface area contributed by atoms with Crippen LogP contribution >= 0.6 is 11.3 Å². The van der Waals surface area contributed by atoms with E-state index in [1.54, 1.807) is 11.3 Å². The molecule has 1 amide bonds. The van der Waals surface area contributed by atoms with Gasteiger partial charge >= 0.3 is 0 Å². The molecule has 0 radical (unpaired) electrons. The number of aryl methyl sites for hydroxylation is 2. The Morgan fingerprint density at radius 3 is 3.00 bits per heavy atom. The maximum atomic E-state index is 11.8. The normalized spacial score (nSPS) is 16.1. The third-order valence-electron chi connectivity index (χ3n) is 3.36. The smallest absolute Gasteiger partial charge is 0.226 e. The van der Waals surface area contributed by atoms with Crippen LogP contribution in [0.15, 0.2) is 0 Å². The Hall–Kier alpha value is -0.940. The maximum Gasteiger partial charge on any atom is 0.226 e. The number of nitrogens with one attached hydrogen (secondary N) is 1. The summed E-state index contributed by atoms with van der Waals surface area (Å²) in [5.74, 6) is 0.460. The number of nitrogens with zero attached hydrogens (tertiary/aromatic N) is 1. The summed E-state index contributed by atoms with van der Waals surface area (Å²) < 4.78 is 0. The fourth-order valence-electron chi connectivity index (χ4n) is 2.08. The molecule has 100 valence electrons. The van der Waals surface area contributed by atoms with Gasteiger partial charge < -0.3 is 11.1 Å². The molecule has 1 atom stereocenters. The van der Waals surface area contributed by atoms with E-state index >= 15 is 0 Å². The molecule has 3 N–H and O–H groups in total. The van der Waals surface area contributed by atoms with Gasteiger partial charge in [-0.25, -0.2) is 4.98 Å². The molecule has 1 heterocycles. The lowest BCUT2D eigenvalue weighted by Crippen LogP contribution is -2.16. The molecule has 0 saturated heterocycles. The van der Waals surface area contributed by atoms with Crippen LogP contribution < -0.4 is 11.1 Å². The Labute approximate surface area is 112 Å². The van der Waals surface area contributed by atoms with Crippen molar-refractivity contribution in [1.82, 2.24) is 4.98 Å². The van der Waals surface area contributed by atoms with Gasteiger partial charge in [0.05, 0.1) is 5.69 Å². The molecule has 0 spiro atoms. The number of nitrogens with two attached hydrogens (primary N) is 1. The summed E-state index contributed by atoms with van der Waals surface area (Å²) in [6, 6.07) is 0. The highest BCUT2D eigenvalue weighted by Gasteiger charge is 2.16. The van der Waals surface area contributed by atoms with E-state index in [-0.39, 0.29) is 5.91 Å². The van der Waals surface area contributed by atoms with Crippen LogP contribution in [0, 0.1) is 5.92 Å². The monoisotopic (exact) mass is 267 g/mol. The predicted molar refractivity (Wildman–Crippen MR) is 74.8 cm³/mol. The van der Waals surface area contributed by atoms with Gasteiger partial charge in [-0.3, -0.25) is 4.79 Å². The van der Waals surface area contributed by atoms with Crippen LogP contribution in [0.2, 0.25) is 0 Å². The number of carbonyl (C=O) groups is 1. The molecule has 0 fully saturated rings. The van der Waals surface area contributed by atoms with Crippen molar-refractivity contribution in [1.29, 1.82) is 0 Å². The zero-order valence-electron chi connectivity index (χ0n) is 10.9. The van der Waals surface area contributed by atoms with Gasteiger partial charge in [0, 0.05) is 11.3 Å². The average molecular weight is 267 g/mol. The van der Waals surface area contributed by atoms with Gasteiger partial charge in [0.15, 0.2) is 5.13 Å². The molecule has 1 aromatic heterocycles. The molecule has 1 aliphatic rings. The zero-order chi connectivity index (χ0) is 13.0. The number of thiazole rings is 1.